The predicted octanol–water partition coefficient (Wildman–Crippen LogP) is 6.99. The first-order chi connectivity index (χ1) is 19.0. The molecule has 39 heavy (non-hydrogen) atoms. The Morgan fingerprint density at radius 2 is 1.36 bits per heavy atom. The first-order valence-electron chi connectivity index (χ1n) is 12.5. The van der Waals surface area contributed by atoms with Crippen LogP contribution in [0.4, 0.5) is 11.4 Å². The van der Waals surface area contributed by atoms with Gasteiger partial charge < -0.3 is 15.4 Å². The van der Waals surface area contributed by atoms with Gasteiger partial charge in [0.25, 0.3) is 0 Å². The molecule has 4 aromatic rings. The fourth-order valence-electron chi connectivity index (χ4n) is 3.69. The molecule has 1 unspecified atom stereocenters. The standard InChI is InChI=1S/C32H28N2O4S/c1-2-38-32(37)25-14-16-27(17-15-25)34-31(36)30(24-11-7-4-8-12-24)39-28-20-18-26(19-21-28)33-29(35)22-13-23-9-5-3-6-10-23/h3-22,30H,2H2,1H3,(H,33,35)(H,34,36)/b22-13+. The van der Waals surface area contributed by atoms with Crippen LogP contribution in [0.25, 0.3) is 6.08 Å². The number of thioether (sulfide) groups is 1. The Balaban J connectivity index is 1.42. The first kappa shape index (κ1) is 27.4. The number of anilines is 2. The SMILES string of the molecule is CCOC(=O)c1ccc(NC(=O)C(Sc2ccc(NC(=O)/C=C/c3ccccc3)cc2)c2ccccc2)cc1. The lowest BCUT2D eigenvalue weighted by Crippen LogP contribution is -2.19. The largest absolute Gasteiger partial charge is 0.462 e. The van der Waals surface area contributed by atoms with Gasteiger partial charge in [0.1, 0.15) is 5.25 Å². The van der Waals surface area contributed by atoms with Gasteiger partial charge in [-0.1, -0.05) is 60.7 Å². The van der Waals surface area contributed by atoms with Gasteiger partial charge in [-0.25, -0.2) is 4.79 Å². The molecule has 0 aliphatic rings. The average Bonchev–Trinajstić information content (AvgIpc) is 2.97. The molecular formula is C32H28N2O4S. The second-order valence-electron chi connectivity index (χ2n) is 8.45. The molecule has 4 aromatic carbocycles. The Kier molecular flexibility index (Phi) is 9.69. The molecule has 2 N–H and O–H groups in total. The normalized spacial score (nSPS) is 11.5. The van der Waals surface area contributed by atoms with Gasteiger partial charge in [-0.2, -0.15) is 0 Å². The molecule has 196 valence electrons. The van der Waals surface area contributed by atoms with E-state index in [4.69, 9.17) is 4.74 Å². The number of benzene rings is 4. The zero-order chi connectivity index (χ0) is 27.5. The maximum absolute atomic E-state index is 13.4. The zero-order valence-electron chi connectivity index (χ0n) is 21.4. The molecule has 6 nitrogen and oxygen atoms in total. The van der Waals surface area contributed by atoms with Crippen LogP contribution >= 0.6 is 11.8 Å². The number of rotatable bonds is 10. The van der Waals surface area contributed by atoms with E-state index in [0.717, 1.165) is 16.0 Å². The highest BCUT2D eigenvalue weighted by molar-refractivity contribution is 8.00. The molecule has 0 spiro atoms. The number of amides is 2. The molecule has 0 bridgehead atoms. The van der Waals surface area contributed by atoms with Crippen molar-refractivity contribution in [3.63, 3.8) is 0 Å². The van der Waals surface area contributed by atoms with Crippen molar-refractivity contribution in [1.29, 1.82) is 0 Å². The van der Waals surface area contributed by atoms with Crippen LogP contribution in [0.1, 0.15) is 33.7 Å². The average molecular weight is 537 g/mol. The van der Waals surface area contributed by atoms with Gasteiger partial charge >= 0.3 is 5.97 Å². The summed E-state index contributed by atoms with van der Waals surface area (Å²) in [6.07, 6.45) is 3.25. The maximum Gasteiger partial charge on any atom is 0.338 e. The zero-order valence-corrected chi connectivity index (χ0v) is 22.2. The maximum atomic E-state index is 13.4. The van der Waals surface area contributed by atoms with Crippen LogP contribution in [0.2, 0.25) is 0 Å². The highest BCUT2D eigenvalue weighted by Crippen LogP contribution is 2.36. The van der Waals surface area contributed by atoms with Crippen molar-refractivity contribution in [2.24, 2.45) is 0 Å². The van der Waals surface area contributed by atoms with E-state index in [0.29, 0.717) is 23.5 Å². The lowest BCUT2D eigenvalue weighted by molar-refractivity contribution is -0.116. The van der Waals surface area contributed by atoms with Crippen LogP contribution in [-0.4, -0.2) is 24.4 Å². The molecule has 0 fully saturated rings. The lowest BCUT2D eigenvalue weighted by atomic mass is 10.1. The minimum Gasteiger partial charge on any atom is -0.462 e. The molecule has 0 aliphatic heterocycles. The molecule has 2 amide bonds. The molecule has 0 aromatic heterocycles. The Labute approximate surface area is 232 Å². The summed E-state index contributed by atoms with van der Waals surface area (Å²) in [7, 11) is 0. The Morgan fingerprint density at radius 1 is 0.769 bits per heavy atom. The van der Waals surface area contributed by atoms with Crippen LogP contribution in [0, 0.1) is 0 Å². The summed E-state index contributed by atoms with van der Waals surface area (Å²) in [5.74, 6) is -0.826. The van der Waals surface area contributed by atoms with E-state index >= 15 is 0 Å². The molecule has 0 aliphatic carbocycles. The number of carbonyl (C=O) groups is 3. The first-order valence-corrected chi connectivity index (χ1v) is 13.3. The van der Waals surface area contributed by atoms with Gasteiger partial charge in [0.05, 0.1) is 12.2 Å². The Bertz CT molecular complexity index is 1420. The highest BCUT2D eigenvalue weighted by Gasteiger charge is 2.22. The van der Waals surface area contributed by atoms with Crippen molar-refractivity contribution in [3.8, 4) is 0 Å². The van der Waals surface area contributed by atoms with Crippen molar-refractivity contribution in [2.45, 2.75) is 17.1 Å². The molecule has 0 heterocycles. The van der Waals surface area contributed by atoms with E-state index in [1.807, 2.05) is 84.9 Å². The molecule has 0 saturated heterocycles. The second kappa shape index (κ2) is 13.8. The van der Waals surface area contributed by atoms with E-state index in [2.05, 4.69) is 10.6 Å². The van der Waals surface area contributed by atoms with E-state index in [-0.39, 0.29) is 11.8 Å². The Morgan fingerprint density at radius 3 is 2.00 bits per heavy atom. The molecule has 0 saturated carbocycles. The summed E-state index contributed by atoms with van der Waals surface area (Å²) in [5.41, 5.74) is 3.46. The third kappa shape index (κ3) is 8.18. The van der Waals surface area contributed by atoms with Gasteiger partial charge in [-0.05, 0) is 72.7 Å². The third-order valence-corrected chi connectivity index (χ3v) is 6.87. The summed E-state index contributed by atoms with van der Waals surface area (Å²) in [6, 6.07) is 33.1. The summed E-state index contributed by atoms with van der Waals surface area (Å²) >= 11 is 1.41. The smallest absolute Gasteiger partial charge is 0.338 e. The van der Waals surface area contributed by atoms with Crippen molar-refractivity contribution < 1.29 is 19.1 Å². The van der Waals surface area contributed by atoms with E-state index in [1.165, 1.54) is 17.8 Å². The number of ether oxygens (including phenoxy) is 1. The quantitative estimate of drug-likeness (QED) is 0.130. The van der Waals surface area contributed by atoms with Crippen LogP contribution in [0.3, 0.4) is 0 Å². The van der Waals surface area contributed by atoms with Crippen molar-refractivity contribution >= 4 is 47.0 Å². The number of esters is 1. The van der Waals surface area contributed by atoms with Crippen LogP contribution in [-0.2, 0) is 14.3 Å². The molecule has 7 heteroatoms. The molecule has 1 atom stereocenters. The van der Waals surface area contributed by atoms with Crippen LogP contribution in [0.5, 0.6) is 0 Å². The van der Waals surface area contributed by atoms with Gasteiger partial charge in [0, 0.05) is 22.3 Å². The minimum absolute atomic E-state index is 0.196. The monoisotopic (exact) mass is 536 g/mol. The minimum atomic E-state index is -0.523. The molecule has 0 radical (unpaired) electrons. The van der Waals surface area contributed by atoms with E-state index in [1.54, 1.807) is 37.3 Å². The van der Waals surface area contributed by atoms with E-state index in [9.17, 15) is 14.4 Å². The van der Waals surface area contributed by atoms with Crippen molar-refractivity contribution in [2.75, 3.05) is 17.2 Å². The van der Waals surface area contributed by atoms with Gasteiger partial charge in [-0.3, -0.25) is 9.59 Å². The van der Waals surface area contributed by atoms with Crippen LogP contribution < -0.4 is 10.6 Å². The summed E-state index contributed by atoms with van der Waals surface area (Å²) in [6.45, 7) is 2.05. The van der Waals surface area contributed by atoms with Gasteiger partial charge in [0.2, 0.25) is 11.8 Å². The van der Waals surface area contributed by atoms with Crippen LogP contribution in [0.15, 0.2) is 120 Å². The van der Waals surface area contributed by atoms with Crippen molar-refractivity contribution in [3.05, 3.63) is 132 Å². The fourth-order valence-corrected chi connectivity index (χ4v) is 4.71. The summed E-state index contributed by atoms with van der Waals surface area (Å²) < 4.78 is 5.02. The number of nitrogens with one attached hydrogen (secondary N) is 2. The molecule has 4 rings (SSSR count). The number of hydrogen-bond donors (Lipinski definition) is 2. The second-order valence-corrected chi connectivity index (χ2v) is 9.63. The van der Waals surface area contributed by atoms with Gasteiger partial charge in [0.15, 0.2) is 0 Å². The fraction of sp³-hybridized carbons (Fsp3) is 0.0938. The predicted molar refractivity (Wildman–Crippen MR) is 157 cm³/mol. The number of carbonyl (C=O) groups excluding carboxylic acids is 3. The number of hydrogen-bond acceptors (Lipinski definition) is 5. The topological polar surface area (TPSA) is 84.5 Å². The Hall–Kier alpha value is -4.62. The third-order valence-electron chi connectivity index (χ3n) is 5.61. The summed E-state index contributed by atoms with van der Waals surface area (Å²) in [4.78, 5) is 38.4. The van der Waals surface area contributed by atoms with E-state index < -0.39 is 11.2 Å². The molecular weight excluding hydrogens is 508 g/mol. The van der Waals surface area contributed by atoms with Gasteiger partial charge in [-0.15, -0.1) is 11.8 Å². The summed E-state index contributed by atoms with van der Waals surface area (Å²) in [5, 5.41) is 5.28. The van der Waals surface area contributed by atoms with Crippen molar-refractivity contribution in [1.82, 2.24) is 0 Å². The highest BCUT2D eigenvalue weighted by atomic mass is 32.2. The lowest BCUT2D eigenvalue weighted by Gasteiger charge is -2.17.